The second-order valence-electron chi connectivity index (χ2n) is 5.15. The van der Waals surface area contributed by atoms with Gasteiger partial charge in [-0.25, -0.2) is 14.8 Å². The largest absolute Gasteiger partial charge is 0.481 e. The molecule has 1 saturated heterocycles. The molecule has 2 rings (SSSR count). The number of carboxylic acids is 1. The lowest BCUT2D eigenvalue weighted by atomic mass is 10.1. The summed E-state index contributed by atoms with van der Waals surface area (Å²) in [5.41, 5.74) is 6.74. The average molecular weight is 292 g/mol. The molecule has 21 heavy (non-hydrogen) atoms. The molecular weight excluding hydrogens is 272 g/mol. The molecule has 0 radical (unpaired) electrons. The van der Waals surface area contributed by atoms with Crippen LogP contribution < -0.4 is 10.7 Å². The third kappa shape index (κ3) is 3.93. The molecular formula is C14H20N4O3. The van der Waals surface area contributed by atoms with E-state index in [9.17, 15) is 9.59 Å². The number of likely N-dealkylation sites (N-methyl/N-ethyl adjacent to an activating group) is 1. The molecule has 1 aromatic carbocycles. The van der Waals surface area contributed by atoms with Gasteiger partial charge < -0.3 is 15.7 Å². The number of hydrogen-bond acceptors (Lipinski definition) is 4. The summed E-state index contributed by atoms with van der Waals surface area (Å²) >= 11 is 0. The van der Waals surface area contributed by atoms with Crippen molar-refractivity contribution in [2.45, 2.75) is 6.42 Å². The van der Waals surface area contributed by atoms with Gasteiger partial charge in [-0.15, -0.1) is 0 Å². The Kier molecular flexibility index (Phi) is 4.77. The van der Waals surface area contributed by atoms with Gasteiger partial charge in [-0.3, -0.25) is 4.79 Å². The molecule has 0 bridgehead atoms. The van der Waals surface area contributed by atoms with Crippen LogP contribution in [0.15, 0.2) is 24.3 Å². The minimum atomic E-state index is -0.905. The molecule has 7 heteroatoms. The highest BCUT2D eigenvalue weighted by Gasteiger charge is 2.24. The van der Waals surface area contributed by atoms with Gasteiger partial charge in [0.15, 0.2) is 0 Å². The van der Waals surface area contributed by atoms with Gasteiger partial charge in [0.25, 0.3) is 0 Å². The maximum Gasteiger partial charge on any atom is 0.334 e. The van der Waals surface area contributed by atoms with Crippen molar-refractivity contribution in [1.29, 1.82) is 0 Å². The highest BCUT2D eigenvalue weighted by molar-refractivity contribution is 5.90. The number of urea groups is 1. The van der Waals surface area contributed by atoms with Gasteiger partial charge in [-0.05, 0) is 24.7 Å². The molecule has 0 aromatic heterocycles. The number of nitrogens with zero attached hydrogens (tertiary/aromatic N) is 3. The Morgan fingerprint density at radius 2 is 1.95 bits per heavy atom. The minimum Gasteiger partial charge on any atom is -0.481 e. The van der Waals surface area contributed by atoms with E-state index in [4.69, 9.17) is 10.8 Å². The van der Waals surface area contributed by atoms with Crippen molar-refractivity contribution in [3.8, 4) is 0 Å². The first-order chi connectivity index (χ1) is 9.97. The number of carboxylic acid groups (broad SMARTS) is 1. The molecule has 7 nitrogen and oxygen atoms in total. The van der Waals surface area contributed by atoms with Crippen LogP contribution in [0.1, 0.15) is 5.56 Å². The highest BCUT2D eigenvalue weighted by atomic mass is 16.4. The zero-order chi connectivity index (χ0) is 15.4. The number of hydrogen-bond donors (Lipinski definition) is 2. The predicted molar refractivity (Wildman–Crippen MR) is 78.9 cm³/mol. The second-order valence-corrected chi connectivity index (χ2v) is 5.15. The van der Waals surface area contributed by atoms with Gasteiger partial charge in [0.1, 0.15) is 0 Å². The number of anilines is 1. The van der Waals surface area contributed by atoms with Crippen LogP contribution in [0.4, 0.5) is 10.5 Å². The highest BCUT2D eigenvalue weighted by Crippen LogP contribution is 2.19. The summed E-state index contributed by atoms with van der Waals surface area (Å²) in [5.74, 6) is -0.905. The van der Waals surface area contributed by atoms with E-state index in [1.807, 2.05) is 12.1 Å². The summed E-state index contributed by atoms with van der Waals surface area (Å²) in [7, 11) is 2.03. The maximum atomic E-state index is 11.8. The Balaban J connectivity index is 2.22. The first-order valence-electron chi connectivity index (χ1n) is 6.81. The summed E-state index contributed by atoms with van der Waals surface area (Å²) in [5, 5.41) is 12.2. The van der Waals surface area contributed by atoms with Crippen molar-refractivity contribution in [2.24, 2.45) is 5.73 Å². The van der Waals surface area contributed by atoms with Gasteiger partial charge in [0.2, 0.25) is 0 Å². The number of hydrazine groups is 1. The van der Waals surface area contributed by atoms with Gasteiger partial charge in [0.05, 0.1) is 12.1 Å². The van der Waals surface area contributed by atoms with Crippen molar-refractivity contribution in [3.05, 3.63) is 29.8 Å². The molecule has 0 aliphatic carbocycles. The number of amides is 2. The standard InChI is InChI=1S/C14H20N4O3/c1-16-5-7-17(8-6-16)18(14(15)21)12-4-2-3-11(9-12)10-13(19)20/h2-4,9H,5-8,10H2,1H3,(H2,15,21)(H,19,20). The van der Waals surface area contributed by atoms with Crippen LogP contribution in [0.5, 0.6) is 0 Å². The second kappa shape index (κ2) is 6.55. The molecule has 1 aliphatic rings. The molecule has 2 amide bonds. The lowest BCUT2D eigenvalue weighted by Crippen LogP contribution is -2.56. The van der Waals surface area contributed by atoms with E-state index < -0.39 is 12.0 Å². The van der Waals surface area contributed by atoms with Crippen LogP contribution in [0.3, 0.4) is 0 Å². The minimum absolute atomic E-state index is 0.0802. The van der Waals surface area contributed by atoms with Crippen LogP contribution in [0, 0.1) is 0 Å². The van der Waals surface area contributed by atoms with Crippen molar-refractivity contribution >= 4 is 17.7 Å². The monoisotopic (exact) mass is 292 g/mol. The summed E-state index contributed by atoms with van der Waals surface area (Å²) in [4.78, 5) is 24.8. The van der Waals surface area contributed by atoms with Crippen LogP contribution >= 0.6 is 0 Å². The number of piperazine rings is 1. The number of primary amides is 1. The summed E-state index contributed by atoms with van der Waals surface area (Å²) in [6.07, 6.45) is -0.0802. The van der Waals surface area contributed by atoms with E-state index in [-0.39, 0.29) is 6.42 Å². The van der Waals surface area contributed by atoms with Crippen LogP contribution in [-0.2, 0) is 11.2 Å². The predicted octanol–water partition coefficient (Wildman–Crippen LogP) is 0.361. The summed E-state index contributed by atoms with van der Waals surface area (Å²) in [6.45, 7) is 3.09. The Hall–Kier alpha value is -2.12. The molecule has 114 valence electrons. The third-order valence-electron chi connectivity index (χ3n) is 3.48. The van der Waals surface area contributed by atoms with E-state index in [2.05, 4.69) is 4.90 Å². The SMILES string of the molecule is CN1CCN(N(C(N)=O)c2cccc(CC(=O)O)c2)CC1. The number of carbonyl (C=O) groups is 2. The average Bonchev–Trinajstić information content (AvgIpc) is 2.40. The fraction of sp³-hybridized carbons (Fsp3) is 0.429. The molecule has 0 unspecified atom stereocenters. The number of aliphatic carboxylic acids is 1. The van der Waals surface area contributed by atoms with Crippen molar-refractivity contribution < 1.29 is 14.7 Å². The van der Waals surface area contributed by atoms with Crippen LogP contribution in [0.2, 0.25) is 0 Å². The first-order valence-corrected chi connectivity index (χ1v) is 6.81. The molecule has 0 saturated carbocycles. The Labute approximate surface area is 123 Å². The normalized spacial score (nSPS) is 16.6. The fourth-order valence-electron chi connectivity index (χ4n) is 2.40. The topological polar surface area (TPSA) is 90.1 Å². The zero-order valence-electron chi connectivity index (χ0n) is 12.0. The Bertz CT molecular complexity index is 527. The molecule has 1 fully saturated rings. The Morgan fingerprint density at radius 3 is 2.52 bits per heavy atom. The number of nitrogens with two attached hydrogens (primary N) is 1. The molecule has 1 aromatic rings. The van der Waals surface area contributed by atoms with Crippen LogP contribution in [-0.4, -0.2) is 60.2 Å². The Morgan fingerprint density at radius 1 is 1.29 bits per heavy atom. The van der Waals surface area contributed by atoms with Gasteiger partial charge in [-0.1, -0.05) is 12.1 Å². The summed E-state index contributed by atoms with van der Waals surface area (Å²) < 4.78 is 0. The number of benzene rings is 1. The lowest BCUT2D eigenvalue weighted by Gasteiger charge is -2.39. The van der Waals surface area contributed by atoms with Crippen molar-refractivity contribution in [1.82, 2.24) is 9.91 Å². The van der Waals surface area contributed by atoms with E-state index in [1.165, 1.54) is 5.01 Å². The molecule has 0 atom stereocenters. The molecule has 3 N–H and O–H groups in total. The first kappa shape index (κ1) is 15.3. The van der Waals surface area contributed by atoms with Crippen molar-refractivity contribution in [2.75, 3.05) is 38.2 Å². The quantitative estimate of drug-likeness (QED) is 0.836. The van der Waals surface area contributed by atoms with Crippen molar-refractivity contribution in [3.63, 3.8) is 0 Å². The number of carbonyl (C=O) groups excluding carboxylic acids is 1. The molecule has 0 spiro atoms. The van der Waals surface area contributed by atoms with Gasteiger partial charge in [-0.2, -0.15) is 0 Å². The maximum absolute atomic E-state index is 11.8. The van der Waals surface area contributed by atoms with Crippen LogP contribution in [0.25, 0.3) is 0 Å². The number of rotatable bonds is 4. The van der Waals surface area contributed by atoms with Gasteiger partial charge >= 0.3 is 12.0 Å². The third-order valence-corrected chi connectivity index (χ3v) is 3.48. The smallest absolute Gasteiger partial charge is 0.334 e. The van der Waals surface area contributed by atoms with Gasteiger partial charge in [0, 0.05) is 26.2 Å². The summed E-state index contributed by atoms with van der Waals surface area (Å²) in [6, 6.07) is 6.35. The van der Waals surface area contributed by atoms with E-state index in [1.54, 1.807) is 24.3 Å². The van der Waals surface area contributed by atoms with E-state index in [0.717, 1.165) is 13.1 Å². The molecule has 1 aliphatic heterocycles. The zero-order valence-corrected chi connectivity index (χ0v) is 12.0. The lowest BCUT2D eigenvalue weighted by molar-refractivity contribution is -0.136. The molecule has 1 heterocycles. The fourth-order valence-corrected chi connectivity index (χ4v) is 2.40. The van der Waals surface area contributed by atoms with E-state index >= 15 is 0 Å². The van der Waals surface area contributed by atoms with E-state index in [0.29, 0.717) is 24.3 Å².